The first kappa shape index (κ1) is 25.9. The van der Waals surface area contributed by atoms with Crippen LogP contribution in [0, 0.1) is 0 Å². The number of amides is 2. The van der Waals surface area contributed by atoms with E-state index in [1.165, 1.54) is 24.8 Å². The Bertz CT molecular complexity index is 1440. The van der Waals surface area contributed by atoms with E-state index >= 15 is 0 Å². The Balaban J connectivity index is 1.40. The van der Waals surface area contributed by atoms with Gasteiger partial charge in [0.2, 0.25) is 5.88 Å². The molecule has 4 rings (SSSR count). The summed E-state index contributed by atoms with van der Waals surface area (Å²) in [6.45, 7) is 1.64. The zero-order chi connectivity index (χ0) is 26.6. The fraction of sp³-hybridized carbons (Fsp3) is 0.136. The van der Waals surface area contributed by atoms with Crippen molar-refractivity contribution in [1.29, 1.82) is 0 Å². The Morgan fingerprint density at radius 2 is 1.89 bits per heavy atom. The average Bonchev–Trinajstić information content (AvgIpc) is 3.36. The van der Waals surface area contributed by atoms with Gasteiger partial charge in [0.25, 0.3) is 11.8 Å². The summed E-state index contributed by atoms with van der Waals surface area (Å²) in [5.41, 5.74) is -1.09. The highest BCUT2D eigenvalue weighted by molar-refractivity contribution is 7.13. The molecule has 0 aliphatic heterocycles. The third-order valence-electron chi connectivity index (χ3n) is 4.60. The molecule has 0 aliphatic rings. The van der Waals surface area contributed by atoms with Crippen LogP contribution in [0.2, 0.25) is 5.02 Å². The zero-order valence-corrected chi connectivity index (χ0v) is 20.2. The van der Waals surface area contributed by atoms with E-state index in [0.717, 1.165) is 17.5 Å². The second kappa shape index (κ2) is 10.8. The van der Waals surface area contributed by atoms with E-state index in [1.807, 2.05) is 0 Å². The monoisotopic (exact) mass is 549 g/mol. The third kappa shape index (κ3) is 6.54. The number of pyridine rings is 2. The van der Waals surface area contributed by atoms with Crippen LogP contribution in [-0.4, -0.2) is 36.7 Å². The summed E-state index contributed by atoms with van der Waals surface area (Å²) in [6.07, 6.45) is 1.57. The molecule has 4 aromatic heterocycles. The van der Waals surface area contributed by atoms with Gasteiger partial charge in [-0.2, -0.15) is 13.2 Å². The number of aromatic nitrogens is 5. The normalized spacial score (nSPS) is 12.0. The predicted octanol–water partition coefficient (Wildman–Crippen LogP) is 4.93. The molecule has 10 nitrogen and oxygen atoms in total. The van der Waals surface area contributed by atoms with Gasteiger partial charge < -0.3 is 15.4 Å². The van der Waals surface area contributed by atoms with E-state index in [4.69, 9.17) is 16.3 Å². The number of alkyl halides is 3. The van der Waals surface area contributed by atoms with Gasteiger partial charge in [0.1, 0.15) is 33.5 Å². The Hall–Kier alpha value is -4.17. The van der Waals surface area contributed by atoms with Crippen LogP contribution in [0.4, 0.5) is 19.0 Å². The fourth-order valence-corrected chi connectivity index (χ4v) is 3.90. The predicted molar refractivity (Wildman–Crippen MR) is 127 cm³/mol. The zero-order valence-electron chi connectivity index (χ0n) is 18.7. The average molecular weight is 550 g/mol. The Labute approximate surface area is 216 Å². The molecule has 0 spiro atoms. The lowest BCUT2D eigenvalue weighted by atomic mass is 10.2. The minimum atomic E-state index is -4.71. The summed E-state index contributed by atoms with van der Waals surface area (Å²) < 4.78 is 44.7. The largest absolute Gasteiger partial charge is 0.437 e. The molecule has 4 aromatic rings. The van der Waals surface area contributed by atoms with E-state index in [-0.39, 0.29) is 22.3 Å². The fourth-order valence-electron chi connectivity index (χ4n) is 2.87. The van der Waals surface area contributed by atoms with Crippen LogP contribution in [0.3, 0.4) is 0 Å². The van der Waals surface area contributed by atoms with Crippen molar-refractivity contribution < 1.29 is 27.5 Å². The number of carbonyl (C=O) groups excluding carboxylic acids is 2. The summed E-state index contributed by atoms with van der Waals surface area (Å²) in [4.78, 5) is 44.9. The second-order valence-electron chi connectivity index (χ2n) is 7.29. The van der Waals surface area contributed by atoms with Gasteiger partial charge in [-0.05, 0) is 25.1 Å². The maximum Gasteiger partial charge on any atom is 0.418 e. The van der Waals surface area contributed by atoms with Crippen LogP contribution in [0.15, 0.2) is 55.4 Å². The number of hydrogen-bond donors (Lipinski definition) is 2. The number of carbonyl (C=O) groups is 2. The van der Waals surface area contributed by atoms with Crippen LogP contribution < -0.4 is 15.4 Å². The van der Waals surface area contributed by atoms with Gasteiger partial charge in [-0.15, -0.1) is 11.3 Å². The molecule has 0 fully saturated rings. The molecule has 0 bridgehead atoms. The highest BCUT2D eigenvalue weighted by atomic mass is 35.5. The number of thiazole rings is 1. The number of ether oxygens (including phenoxy) is 1. The number of halogens is 4. The molecule has 0 saturated carbocycles. The topological polar surface area (TPSA) is 132 Å². The number of nitrogens with one attached hydrogen (secondary N) is 2. The first-order valence-electron chi connectivity index (χ1n) is 10.3. The molecule has 37 heavy (non-hydrogen) atoms. The molecule has 0 aliphatic carbocycles. The lowest BCUT2D eigenvalue weighted by Crippen LogP contribution is -2.27. The van der Waals surface area contributed by atoms with Crippen LogP contribution >= 0.6 is 22.9 Å². The smallest absolute Gasteiger partial charge is 0.418 e. The number of rotatable bonds is 7. The molecule has 2 amide bonds. The molecule has 15 heteroatoms. The molecule has 1 unspecified atom stereocenters. The first-order valence-corrected chi connectivity index (χ1v) is 11.5. The Morgan fingerprint density at radius 3 is 2.62 bits per heavy atom. The van der Waals surface area contributed by atoms with Crippen LogP contribution in [-0.2, 0) is 6.18 Å². The summed E-state index contributed by atoms with van der Waals surface area (Å²) in [5, 5.41) is 4.77. The minimum Gasteiger partial charge on any atom is -0.437 e. The van der Waals surface area contributed by atoms with Crippen LogP contribution in [0.25, 0.3) is 0 Å². The number of nitrogens with zero attached hydrogens (tertiary/aromatic N) is 5. The van der Waals surface area contributed by atoms with Gasteiger partial charge in [0.05, 0.1) is 29.0 Å². The summed E-state index contributed by atoms with van der Waals surface area (Å²) in [6, 6.07) is 4.72. The lowest BCUT2D eigenvalue weighted by molar-refractivity contribution is -0.137. The van der Waals surface area contributed by atoms with Gasteiger partial charge in [0.15, 0.2) is 0 Å². The lowest BCUT2D eigenvalue weighted by Gasteiger charge is -2.11. The highest BCUT2D eigenvalue weighted by Gasteiger charge is 2.34. The van der Waals surface area contributed by atoms with Crippen LogP contribution in [0.1, 0.15) is 43.7 Å². The van der Waals surface area contributed by atoms with Gasteiger partial charge in [-0.1, -0.05) is 11.6 Å². The van der Waals surface area contributed by atoms with Crippen LogP contribution in [0.5, 0.6) is 11.6 Å². The molecular weight excluding hydrogens is 535 g/mol. The number of anilines is 1. The molecule has 0 aromatic carbocycles. The summed E-state index contributed by atoms with van der Waals surface area (Å²) in [7, 11) is 0. The van der Waals surface area contributed by atoms with E-state index in [2.05, 4.69) is 35.6 Å². The van der Waals surface area contributed by atoms with E-state index < -0.39 is 34.6 Å². The second-order valence-corrected chi connectivity index (χ2v) is 8.76. The maximum absolute atomic E-state index is 13.0. The van der Waals surface area contributed by atoms with E-state index in [9.17, 15) is 22.8 Å². The maximum atomic E-state index is 13.0. The number of hydrogen-bond acceptors (Lipinski definition) is 9. The minimum absolute atomic E-state index is 0.0320. The molecule has 0 saturated heterocycles. The molecule has 190 valence electrons. The quantitative estimate of drug-likeness (QED) is 0.332. The van der Waals surface area contributed by atoms with Crippen molar-refractivity contribution in [3.8, 4) is 11.6 Å². The van der Waals surface area contributed by atoms with E-state index in [0.29, 0.717) is 16.8 Å². The van der Waals surface area contributed by atoms with Crippen molar-refractivity contribution in [2.24, 2.45) is 0 Å². The van der Waals surface area contributed by atoms with Gasteiger partial charge >= 0.3 is 6.18 Å². The molecule has 0 radical (unpaired) electrons. The van der Waals surface area contributed by atoms with Gasteiger partial charge in [-0.25, -0.2) is 19.9 Å². The summed E-state index contributed by atoms with van der Waals surface area (Å²) in [5.74, 6) is -1.03. The van der Waals surface area contributed by atoms with Crippen molar-refractivity contribution in [3.05, 3.63) is 81.5 Å². The summed E-state index contributed by atoms with van der Waals surface area (Å²) >= 11 is 6.49. The third-order valence-corrected chi connectivity index (χ3v) is 6.08. The van der Waals surface area contributed by atoms with E-state index in [1.54, 1.807) is 25.3 Å². The highest BCUT2D eigenvalue weighted by Crippen LogP contribution is 2.35. The van der Waals surface area contributed by atoms with Gasteiger partial charge in [0, 0.05) is 18.5 Å². The van der Waals surface area contributed by atoms with Crippen molar-refractivity contribution in [2.45, 2.75) is 19.1 Å². The Morgan fingerprint density at radius 1 is 1.08 bits per heavy atom. The molecule has 2 N–H and O–H groups in total. The van der Waals surface area contributed by atoms with Crippen molar-refractivity contribution in [3.63, 3.8) is 0 Å². The molecular formula is C22H15ClF3N7O3S. The van der Waals surface area contributed by atoms with Gasteiger partial charge in [-0.3, -0.25) is 14.6 Å². The van der Waals surface area contributed by atoms with Crippen molar-refractivity contribution in [1.82, 2.24) is 30.2 Å². The molecule has 1 atom stereocenters. The Kier molecular flexibility index (Phi) is 7.59. The first-order chi connectivity index (χ1) is 17.6. The SMILES string of the molecule is CC(NC(=O)c1cc(Oc2cccnc2)ncn1)c1ncc(C(=O)Nc2cc(C(F)(F)F)c(Cl)cn2)s1. The molecule has 4 heterocycles. The van der Waals surface area contributed by atoms with Crippen molar-refractivity contribution in [2.75, 3.05) is 5.32 Å². The van der Waals surface area contributed by atoms with Crippen molar-refractivity contribution >= 4 is 40.6 Å². The standard InChI is InChI=1S/C22H15ClF3N7O3S/c1-11(32-19(34)15-6-18(31-10-30-15)36-12-3-2-4-27-7-12)21-29-9-16(37-21)20(35)33-17-5-13(22(24,25)26)14(23)8-28-17/h2-11H,1H3,(H,32,34)(H,28,33,35).